The van der Waals surface area contributed by atoms with Gasteiger partial charge in [-0.05, 0) is 49.8 Å². The maximum Gasteiger partial charge on any atom is 0.223 e. The van der Waals surface area contributed by atoms with Crippen LogP contribution in [0, 0.1) is 0 Å². The van der Waals surface area contributed by atoms with Gasteiger partial charge in [0.05, 0.1) is 11.9 Å². The van der Waals surface area contributed by atoms with Gasteiger partial charge in [-0.1, -0.05) is 31.0 Å². The van der Waals surface area contributed by atoms with Gasteiger partial charge in [-0.2, -0.15) is 5.10 Å². The number of aryl methyl sites for hydroxylation is 1. The molecular formula is C20H25N3O. The minimum Gasteiger partial charge on any atom is -0.337 e. The summed E-state index contributed by atoms with van der Waals surface area (Å²) in [5.74, 6) is 0.344. The van der Waals surface area contributed by atoms with E-state index in [2.05, 4.69) is 10.00 Å². The Labute approximate surface area is 143 Å². The summed E-state index contributed by atoms with van der Waals surface area (Å²) in [5.41, 5.74) is 2.19. The second-order valence-electron chi connectivity index (χ2n) is 7.10. The van der Waals surface area contributed by atoms with Crippen LogP contribution >= 0.6 is 0 Å². The fraction of sp³-hybridized carbons (Fsp3) is 0.500. The van der Waals surface area contributed by atoms with Crippen molar-refractivity contribution in [2.24, 2.45) is 0 Å². The van der Waals surface area contributed by atoms with Gasteiger partial charge in [0.2, 0.25) is 5.91 Å². The normalized spacial score (nSPS) is 18.0. The van der Waals surface area contributed by atoms with Crippen LogP contribution in [0.15, 0.2) is 42.7 Å². The number of nitrogens with zero attached hydrogens (tertiary/aromatic N) is 3. The van der Waals surface area contributed by atoms with Crippen molar-refractivity contribution in [2.75, 3.05) is 0 Å². The topological polar surface area (TPSA) is 38.1 Å². The number of benzene rings is 1. The highest BCUT2D eigenvalue weighted by Gasteiger charge is 2.37. The summed E-state index contributed by atoms with van der Waals surface area (Å²) in [4.78, 5) is 15.0. The van der Waals surface area contributed by atoms with E-state index in [4.69, 9.17) is 0 Å². The molecule has 0 aliphatic heterocycles. The smallest absolute Gasteiger partial charge is 0.223 e. The van der Waals surface area contributed by atoms with Crippen molar-refractivity contribution >= 4 is 5.91 Å². The van der Waals surface area contributed by atoms with Crippen LogP contribution in [0.2, 0.25) is 0 Å². The minimum atomic E-state index is 0.344. The number of carbonyl (C=O) groups is 1. The molecule has 2 aromatic rings. The van der Waals surface area contributed by atoms with Gasteiger partial charge in [-0.3, -0.25) is 4.79 Å². The molecule has 2 aliphatic rings. The van der Waals surface area contributed by atoms with Crippen molar-refractivity contribution in [1.29, 1.82) is 0 Å². The highest BCUT2D eigenvalue weighted by Crippen LogP contribution is 2.35. The molecule has 2 fully saturated rings. The van der Waals surface area contributed by atoms with Crippen molar-refractivity contribution < 1.29 is 4.79 Å². The number of amides is 1. The Morgan fingerprint density at radius 2 is 1.79 bits per heavy atom. The predicted octanol–water partition coefficient (Wildman–Crippen LogP) is 3.74. The molecule has 126 valence electrons. The third-order valence-electron chi connectivity index (χ3n) is 5.23. The minimum absolute atomic E-state index is 0.344. The molecule has 0 unspecified atom stereocenters. The monoisotopic (exact) mass is 323 g/mol. The first kappa shape index (κ1) is 15.4. The van der Waals surface area contributed by atoms with Crippen molar-refractivity contribution in [3.8, 4) is 5.69 Å². The van der Waals surface area contributed by atoms with E-state index in [-0.39, 0.29) is 0 Å². The molecule has 0 atom stereocenters. The Morgan fingerprint density at radius 1 is 1.08 bits per heavy atom. The quantitative estimate of drug-likeness (QED) is 0.812. The molecule has 2 saturated carbocycles. The molecule has 0 saturated heterocycles. The molecule has 1 aromatic carbocycles. The lowest BCUT2D eigenvalue weighted by molar-refractivity contribution is -0.134. The highest BCUT2D eigenvalue weighted by molar-refractivity contribution is 5.77. The highest BCUT2D eigenvalue weighted by atomic mass is 16.2. The van der Waals surface area contributed by atoms with Gasteiger partial charge in [0.25, 0.3) is 0 Å². The van der Waals surface area contributed by atoms with Crippen LogP contribution in [0.4, 0.5) is 0 Å². The molecule has 4 nitrogen and oxygen atoms in total. The molecule has 1 heterocycles. The summed E-state index contributed by atoms with van der Waals surface area (Å²) in [7, 11) is 0. The Morgan fingerprint density at radius 3 is 2.50 bits per heavy atom. The van der Waals surface area contributed by atoms with Crippen molar-refractivity contribution in [3.05, 3.63) is 48.3 Å². The second kappa shape index (κ2) is 6.80. The third-order valence-corrected chi connectivity index (χ3v) is 5.23. The van der Waals surface area contributed by atoms with Gasteiger partial charge in [-0.25, -0.2) is 4.68 Å². The second-order valence-corrected chi connectivity index (χ2v) is 7.10. The van der Waals surface area contributed by atoms with E-state index in [0.717, 1.165) is 17.7 Å². The molecular weight excluding hydrogens is 298 g/mol. The molecule has 1 aromatic heterocycles. The van der Waals surface area contributed by atoms with E-state index in [1.165, 1.54) is 38.5 Å². The average molecular weight is 323 g/mol. The van der Waals surface area contributed by atoms with Gasteiger partial charge in [0, 0.05) is 24.7 Å². The van der Waals surface area contributed by atoms with Gasteiger partial charge in [0.15, 0.2) is 0 Å². The first-order valence-corrected chi connectivity index (χ1v) is 9.21. The zero-order valence-corrected chi connectivity index (χ0v) is 14.1. The van der Waals surface area contributed by atoms with E-state index in [9.17, 15) is 4.79 Å². The lowest BCUT2D eigenvalue weighted by atomic mass is 10.1. The summed E-state index contributed by atoms with van der Waals surface area (Å²) in [6.45, 7) is 0. The van der Waals surface area contributed by atoms with Crippen LogP contribution in [-0.2, 0) is 11.2 Å². The largest absolute Gasteiger partial charge is 0.337 e. The van der Waals surface area contributed by atoms with E-state index in [0.29, 0.717) is 24.4 Å². The van der Waals surface area contributed by atoms with Gasteiger partial charge >= 0.3 is 0 Å². The molecule has 0 radical (unpaired) electrons. The van der Waals surface area contributed by atoms with Crippen LogP contribution in [0.5, 0.6) is 0 Å². The van der Waals surface area contributed by atoms with E-state index in [1.807, 2.05) is 47.4 Å². The number of para-hydroxylation sites is 1. The fourth-order valence-corrected chi connectivity index (χ4v) is 3.83. The van der Waals surface area contributed by atoms with Crippen LogP contribution in [0.3, 0.4) is 0 Å². The standard InChI is InChI=1S/C20H25N3O/c24-20(23(19-11-12-19)18-8-4-5-9-18)13-10-16-14-21-22(15-16)17-6-2-1-3-7-17/h1-3,6-7,14-15,18-19H,4-5,8-13H2. The molecule has 0 N–H and O–H groups in total. The zero-order chi connectivity index (χ0) is 16.4. The molecule has 24 heavy (non-hydrogen) atoms. The molecule has 2 aliphatic carbocycles. The van der Waals surface area contributed by atoms with E-state index >= 15 is 0 Å². The Bertz CT molecular complexity index is 684. The number of hydrogen-bond acceptors (Lipinski definition) is 2. The Hall–Kier alpha value is -2.10. The lowest BCUT2D eigenvalue weighted by Gasteiger charge is -2.29. The zero-order valence-electron chi connectivity index (χ0n) is 14.1. The Kier molecular flexibility index (Phi) is 4.37. The average Bonchev–Trinajstić information content (AvgIpc) is 3.11. The summed E-state index contributed by atoms with van der Waals surface area (Å²) >= 11 is 0. The SMILES string of the molecule is O=C(CCc1cnn(-c2ccccc2)c1)N(C1CCCC1)C1CC1. The van der Waals surface area contributed by atoms with Crippen LogP contribution in [0.25, 0.3) is 5.69 Å². The summed E-state index contributed by atoms with van der Waals surface area (Å²) in [6.07, 6.45) is 12.7. The molecule has 4 rings (SSSR count). The van der Waals surface area contributed by atoms with Gasteiger partial charge in [-0.15, -0.1) is 0 Å². The van der Waals surface area contributed by atoms with E-state index < -0.39 is 0 Å². The molecule has 0 spiro atoms. The number of aromatic nitrogens is 2. The van der Waals surface area contributed by atoms with Crippen molar-refractivity contribution in [2.45, 2.75) is 63.5 Å². The lowest BCUT2D eigenvalue weighted by Crippen LogP contribution is -2.40. The summed E-state index contributed by atoms with van der Waals surface area (Å²) in [5, 5.41) is 4.43. The Balaban J connectivity index is 1.37. The summed E-state index contributed by atoms with van der Waals surface area (Å²) < 4.78 is 1.88. The number of rotatable bonds is 6. The van der Waals surface area contributed by atoms with Crippen LogP contribution in [-0.4, -0.2) is 32.7 Å². The van der Waals surface area contributed by atoms with E-state index in [1.54, 1.807) is 0 Å². The number of carbonyl (C=O) groups excluding carboxylic acids is 1. The molecule has 0 bridgehead atoms. The van der Waals surface area contributed by atoms with Gasteiger partial charge < -0.3 is 4.90 Å². The maximum atomic E-state index is 12.8. The fourth-order valence-electron chi connectivity index (χ4n) is 3.83. The first-order valence-electron chi connectivity index (χ1n) is 9.21. The molecule has 1 amide bonds. The van der Waals surface area contributed by atoms with Crippen LogP contribution in [0.1, 0.15) is 50.5 Å². The van der Waals surface area contributed by atoms with Crippen molar-refractivity contribution in [1.82, 2.24) is 14.7 Å². The third kappa shape index (κ3) is 3.37. The molecule has 4 heteroatoms. The van der Waals surface area contributed by atoms with Crippen molar-refractivity contribution in [3.63, 3.8) is 0 Å². The number of hydrogen-bond donors (Lipinski definition) is 0. The summed E-state index contributed by atoms with van der Waals surface area (Å²) in [6, 6.07) is 11.1. The predicted molar refractivity (Wildman–Crippen MR) is 94.0 cm³/mol. The van der Waals surface area contributed by atoms with Gasteiger partial charge in [0.1, 0.15) is 0 Å². The van der Waals surface area contributed by atoms with Crippen LogP contribution < -0.4 is 0 Å². The maximum absolute atomic E-state index is 12.8. The first-order chi connectivity index (χ1) is 11.8.